The highest BCUT2D eigenvalue weighted by atomic mass is 79.9. The van der Waals surface area contributed by atoms with Crippen molar-refractivity contribution in [3.63, 3.8) is 0 Å². The molecule has 2 aromatic rings. The summed E-state index contributed by atoms with van der Waals surface area (Å²) in [5.74, 6) is -0.00323. The molecule has 1 N–H and O–H groups in total. The third-order valence-corrected chi connectivity index (χ3v) is 2.83. The first-order chi connectivity index (χ1) is 8.06. The Kier molecular flexibility index (Phi) is 3.28. The largest absolute Gasteiger partial charge is 0.469 e. The van der Waals surface area contributed by atoms with E-state index >= 15 is 0 Å². The molecule has 17 heavy (non-hydrogen) atoms. The maximum absolute atomic E-state index is 12.9. The van der Waals surface area contributed by atoms with E-state index < -0.39 is 0 Å². The van der Waals surface area contributed by atoms with Crippen molar-refractivity contribution in [3.05, 3.63) is 52.1 Å². The van der Waals surface area contributed by atoms with Crippen LogP contribution in [0.1, 0.15) is 16.1 Å². The van der Waals surface area contributed by atoms with Crippen molar-refractivity contribution in [1.82, 2.24) is 0 Å². The molecule has 1 amide bonds. The number of anilines is 1. The Morgan fingerprint density at radius 3 is 2.76 bits per heavy atom. The molecule has 2 rings (SSSR count). The zero-order valence-corrected chi connectivity index (χ0v) is 10.5. The second-order valence-corrected chi connectivity index (χ2v) is 4.38. The molecule has 0 aliphatic rings. The van der Waals surface area contributed by atoms with Crippen molar-refractivity contribution >= 4 is 27.5 Å². The number of aryl methyl sites for hydroxylation is 1. The van der Waals surface area contributed by atoms with Crippen LogP contribution in [0.2, 0.25) is 0 Å². The molecule has 5 heteroatoms. The van der Waals surface area contributed by atoms with Gasteiger partial charge in [-0.3, -0.25) is 4.79 Å². The molecule has 0 aliphatic heterocycles. The van der Waals surface area contributed by atoms with E-state index in [2.05, 4.69) is 21.2 Å². The lowest BCUT2D eigenvalue weighted by molar-refractivity contribution is 0.102. The van der Waals surface area contributed by atoms with E-state index in [9.17, 15) is 9.18 Å². The van der Waals surface area contributed by atoms with Gasteiger partial charge < -0.3 is 9.73 Å². The van der Waals surface area contributed by atoms with Crippen LogP contribution in [0.5, 0.6) is 0 Å². The molecule has 1 heterocycles. The van der Waals surface area contributed by atoms with Gasteiger partial charge in [0.25, 0.3) is 5.91 Å². The maximum Gasteiger partial charge on any atom is 0.258 e. The lowest BCUT2D eigenvalue weighted by Gasteiger charge is -2.05. The summed E-state index contributed by atoms with van der Waals surface area (Å²) in [6.45, 7) is 1.75. The average Bonchev–Trinajstić information content (AvgIpc) is 2.69. The predicted octanol–water partition coefficient (Wildman–Crippen LogP) is 3.74. The van der Waals surface area contributed by atoms with Gasteiger partial charge in [0.1, 0.15) is 17.8 Å². The van der Waals surface area contributed by atoms with Crippen LogP contribution in [0, 0.1) is 12.7 Å². The number of nitrogens with one attached hydrogen (secondary N) is 1. The highest BCUT2D eigenvalue weighted by Gasteiger charge is 2.10. The molecule has 1 aromatic carbocycles. The van der Waals surface area contributed by atoms with E-state index in [0.29, 0.717) is 21.5 Å². The molecular weight excluding hydrogens is 289 g/mol. The Morgan fingerprint density at radius 2 is 2.18 bits per heavy atom. The molecule has 0 atom stereocenters. The number of amides is 1. The molecule has 0 radical (unpaired) electrons. The molecule has 88 valence electrons. The van der Waals surface area contributed by atoms with Gasteiger partial charge in [-0.2, -0.15) is 0 Å². The molecule has 0 saturated carbocycles. The monoisotopic (exact) mass is 297 g/mol. The first kappa shape index (κ1) is 11.9. The minimum Gasteiger partial charge on any atom is -0.469 e. The van der Waals surface area contributed by atoms with Crippen LogP contribution in [0.3, 0.4) is 0 Å². The summed E-state index contributed by atoms with van der Waals surface area (Å²) in [5.41, 5.74) is 0.939. The number of furan rings is 1. The van der Waals surface area contributed by atoms with Crippen molar-refractivity contribution < 1.29 is 13.6 Å². The molecule has 3 nitrogen and oxygen atoms in total. The zero-order valence-electron chi connectivity index (χ0n) is 8.96. The lowest BCUT2D eigenvalue weighted by Crippen LogP contribution is -2.11. The molecule has 1 aromatic heterocycles. The minimum absolute atomic E-state index is 0.297. The van der Waals surface area contributed by atoms with Gasteiger partial charge in [0, 0.05) is 4.47 Å². The van der Waals surface area contributed by atoms with Gasteiger partial charge >= 0.3 is 0 Å². The molecule has 0 saturated heterocycles. The van der Waals surface area contributed by atoms with E-state index in [1.54, 1.807) is 13.0 Å². The highest BCUT2D eigenvalue weighted by Crippen LogP contribution is 2.23. The second kappa shape index (κ2) is 4.71. The number of benzene rings is 1. The van der Waals surface area contributed by atoms with Gasteiger partial charge in [0.2, 0.25) is 0 Å². The maximum atomic E-state index is 12.9. The fourth-order valence-electron chi connectivity index (χ4n) is 1.35. The molecule has 0 spiro atoms. The summed E-state index contributed by atoms with van der Waals surface area (Å²) in [6.07, 6.45) is 1.38. The number of carbonyl (C=O) groups excluding carboxylic acids is 1. The van der Waals surface area contributed by atoms with E-state index in [1.807, 2.05) is 0 Å². The fourth-order valence-corrected chi connectivity index (χ4v) is 1.80. The van der Waals surface area contributed by atoms with Gasteiger partial charge in [-0.1, -0.05) is 0 Å². The van der Waals surface area contributed by atoms with Gasteiger partial charge in [-0.15, -0.1) is 0 Å². The summed E-state index contributed by atoms with van der Waals surface area (Å²) in [7, 11) is 0. The Labute approximate surface area is 106 Å². The third-order valence-electron chi connectivity index (χ3n) is 2.17. The number of hydrogen-bond donors (Lipinski definition) is 1. The Morgan fingerprint density at radius 1 is 1.41 bits per heavy atom. The molecular formula is C12H9BrFNO2. The molecule has 0 bridgehead atoms. The second-order valence-electron chi connectivity index (χ2n) is 3.52. The lowest BCUT2D eigenvalue weighted by atomic mass is 10.2. The van der Waals surface area contributed by atoms with Crippen LogP contribution in [0.15, 0.2) is 39.4 Å². The smallest absolute Gasteiger partial charge is 0.258 e. The van der Waals surface area contributed by atoms with Crippen molar-refractivity contribution in [2.24, 2.45) is 0 Å². The van der Waals surface area contributed by atoms with Crippen molar-refractivity contribution in [3.8, 4) is 0 Å². The van der Waals surface area contributed by atoms with Gasteiger partial charge in [0.15, 0.2) is 0 Å². The van der Waals surface area contributed by atoms with Crippen LogP contribution in [-0.2, 0) is 0 Å². The van der Waals surface area contributed by atoms with E-state index in [-0.39, 0.29) is 11.7 Å². The number of hydrogen-bond acceptors (Lipinski definition) is 2. The molecule has 0 unspecified atom stereocenters. The number of carbonyl (C=O) groups is 1. The molecule has 0 fully saturated rings. The Balaban J connectivity index is 2.18. The quantitative estimate of drug-likeness (QED) is 0.917. The summed E-state index contributed by atoms with van der Waals surface area (Å²) in [6, 6.07) is 5.69. The van der Waals surface area contributed by atoms with Crippen LogP contribution in [0.4, 0.5) is 10.1 Å². The topological polar surface area (TPSA) is 42.2 Å². The van der Waals surface area contributed by atoms with Crippen LogP contribution >= 0.6 is 15.9 Å². The van der Waals surface area contributed by atoms with E-state index in [4.69, 9.17) is 4.42 Å². The minimum atomic E-state index is -0.367. The van der Waals surface area contributed by atoms with Crippen molar-refractivity contribution in [1.29, 1.82) is 0 Å². The van der Waals surface area contributed by atoms with Crippen molar-refractivity contribution in [2.45, 2.75) is 6.92 Å². The van der Waals surface area contributed by atoms with Gasteiger partial charge in [-0.05, 0) is 47.1 Å². The van der Waals surface area contributed by atoms with Crippen molar-refractivity contribution in [2.75, 3.05) is 5.32 Å². The Bertz CT molecular complexity index is 565. The zero-order chi connectivity index (χ0) is 12.4. The number of rotatable bonds is 2. The Hall–Kier alpha value is -1.62. The van der Waals surface area contributed by atoms with Crippen LogP contribution < -0.4 is 5.32 Å². The van der Waals surface area contributed by atoms with E-state index in [1.165, 1.54) is 24.5 Å². The standard InChI is InChI=1S/C12H9BrFNO2/c1-7-4-8(6-17-7)12(16)15-11-3-2-9(14)5-10(11)13/h2-6H,1H3,(H,15,16). The fraction of sp³-hybridized carbons (Fsp3) is 0.0833. The van der Waals surface area contributed by atoms with E-state index in [0.717, 1.165) is 0 Å². The van der Waals surface area contributed by atoms with Gasteiger partial charge in [-0.25, -0.2) is 4.39 Å². The first-order valence-electron chi connectivity index (χ1n) is 4.88. The summed E-state index contributed by atoms with van der Waals surface area (Å²) < 4.78 is 18.4. The highest BCUT2D eigenvalue weighted by molar-refractivity contribution is 9.10. The molecule has 0 aliphatic carbocycles. The third kappa shape index (κ3) is 2.74. The average molecular weight is 298 g/mol. The van der Waals surface area contributed by atoms with Crippen LogP contribution in [-0.4, -0.2) is 5.91 Å². The van der Waals surface area contributed by atoms with Gasteiger partial charge in [0.05, 0.1) is 11.3 Å². The SMILES string of the molecule is Cc1cc(C(=O)Nc2ccc(F)cc2Br)co1. The van der Waals surface area contributed by atoms with Crippen LogP contribution in [0.25, 0.3) is 0 Å². The first-order valence-corrected chi connectivity index (χ1v) is 5.67. The normalized spacial score (nSPS) is 10.3. The predicted molar refractivity (Wildman–Crippen MR) is 65.5 cm³/mol. The summed E-state index contributed by atoms with van der Waals surface area (Å²) in [4.78, 5) is 11.8. The summed E-state index contributed by atoms with van der Waals surface area (Å²) in [5, 5.41) is 2.65. The summed E-state index contributed by atoms with van der Waals surface area (Å²) >= 11 is 3.18. The number of halogens is 2.